The lowest BCUT2D eigenvalue weighted by Crippen LogP contribution is -2.49. The highest BCUT2D eigenvalue weighted by Gasteiger charge is 2.60. The van der Waals surface area contributed by atoms with E-state index in [9.17, 15) is 39.6 Å². The van der Waals surface area contributed by atoms with Crippen LogP contribution in [0.2, 0.25) is 0 Å². The maximum atomic E-state index is 12.6. The molecule has 0 spiro atoms. The van der Waals surface area contributed by atoms with Gasteiger partial charge in [-0.15, -0.1) is 0 Å². The minimum Gasteiger partial charge on any atom is -0.426 e. The fourth-order valence-electron chi connectivity index (χ4n) is 3.58. The third kappa shape index (κ3) is 7.10. The number of benzene rings is 2. The molecule has 1 amide bonds. The number of alkyl halides is 6. The van der Waals surface area contributed by atoms with E-state index < -0.39 is 34.6 Å². The predicted octanol–water partition coefficient (Wildman–Crippen LogP) is 4.97. The van der Waals surface area contributed by atoms with Crippen LogP contribution < -0.4 is 4.72 Å². The van der Waals surface area contributed by atoms with Gasteiger partial charge in [-0.25, -0.2) is 17.9 Å². The summed E-state index contributed by atoms with van der Waals surface area (Å²) in [6.45, 7) is -0.335. The highest BCUT2D eigenvalue weighted by Crippen LogP contribution is 2.36. The van der Waals surface area contributed by atoms with Crippen molar-refractivity contribution < 1.29 is 44.3 Å². The fourth-order valence-corrected chi connectivity index (χ4v) is 4.70. The SMILES string of the molecule is O=C(OC(C(F)(F)F)C(F)(F)F)N1CCC(CNS(=O)(=O)c2ccc(-c3ccccc3)cc2)CC1. The Morgan fingerprint density at radius 3 is 1.94 bits per heavy atom. The van der Waals surface area contributed by atoms with Crippen molar-refractivity contribution in [1.29, 1.82) is 0 Å². The van der Waals surface area contributed by atoms with E-state index in [1.165, 1.54) is 12.1 Å². The molecule has 0 saturated carbocycles. The van der Waals surface area contributed by atoms with Gasteiger partial charge in [-0.3, -0.25) is 0 Å². The third-order valence-corrected chi connectivity index (χ3v) is 6.96. The normalized spacial score (nSPS) is 15.9. The van der Waals surface area contributed by atoms with Crippen LogP contribution in [0.3, 0.4) is 0 Å². The molecule has 0 aliphatic carbocycles. The molecule has 2 aromatic rings. The third-order valence-electron chi connectivity index (χ3n) is 5.52. The molecular formula is C22H22F6N2O4S. The average Bonchev–Trinajstić information content (AvgIpc) is 2.80. The lowest BCUT2D eigenvalue weighted by molar-refractivity contribution is -0.308. The second kappa shape index (κ2) is 10.4. The Hall–Kier alpha value is -2.80. The fraction of sp³-hybridized carbons (Fsp3) is 0.409. The van der Waals surface area contributed by atoms with Crippen molar-refractivity contribution >= 4 is 16.1 Å². The molecule has 0 bridgehead atoms. The molecular weight excluding hydrogens is 502 g/mol. The molecule has 3 rings (SSSR count). The molecule has 0 unspecified atom stereocenters. The zero-order chi connectivity index (χ0) is 25.9. The maximum Gasteiger partial charge on any atom is 0.434 e. The molecule has 0 atom stereocenters. The first-order valence-corrected chi connectivity index (χ1v) is 12.0. The first-order chi connectivity index (χ1) is 16.3. The molecule has 6 nitrogen and oxygen atoms in total. The van der Waals surface area contributed by atoms with Gasteiger partial charge in [-0.05, 0) is 42.0 Å². The number of ether oxygens (including phenoxy) is 1. The number of nitrogens with zero attached hydrogens (tertiary/aromatic N) is 1. The number of amides is 1. The number of sulfonamides is 1. The van der Waals surface area contributed by atoms with Gasteiger partial charge in [-0.1, -0.05) is 42.5 Å². The first kappa shape index (κ1) is 26.8. The summed E-state index contributed by atoms with van der Waals surface area (Å²) in [7, 11) is -3.84. The molecule has 35 heavy (non-hydrogen) atoms. The van der Waals surface area contributed by atoms with Crippen molar-refractivity contribution in [2.45, 2.75) is 36.2 Å². The summed E-state index contributed by atoms with van der Waals surface area (Å²) in [5.41, 5.74) is 1.76. The minimum absolute atomic E-state index is 0.000610. The zero-order valence-corrected chi connectivity index (χ0v) is 19.0. The summed E-state index contributed by atoms with van der Waals surface area (Å²) in [6.07, 6.45) is -17.2. The van der Waals surface area contributed by atoms with E-state index >= 15 is 0 Å². The van der Waals surface area contributed by atoms with Gasteiger partial charge in [0.1, 0.15) is 0 Å². The van der Waals surface area contributed by atoms with E-state index in [0.29, 0.717) is 0 Å². The Morgan fingerprint density at radius 2 is 1.43 bits per heavy atom. The summed E-state index contributed by atoms with van der Waals surface area (Å²) in [5, 5.41) is 0. The molecule has 192 valence electrons. The van der Waals surface area contributed by atoms with E-state index in [1.807, 2.05) is 30.3 Å². The van der Waals surface area contributed by atoms with Crippen molar-refractivity contribution in [2.24, 2.45) is 5.92 Å². The van der Waals surface area contributed by atoms with Crippen LogP contribution in [-0.2, 0) is 14.8 Å². The Morgan fingerprint density at radius 1 is 0.914 bits per heavy atom. The number of carbonyl (C=O) groups excluding carboxylic acids is 1. The van der Waals surface area contributed by atoms with Gasteiger partial charge in [0, 0.05) is 19.6 Å². The largest absolute Gasteiger partial charge is 0.434 e. The smallest absolute Gasteiger partial charge is 0.426 e. The Kier molecular flexibility index (Phi) is 8.00. The lowest BCUT2D eigenvalue weighted by Gasteiger charge is -2.33. The van der Waals surface area contributed by atoms with Crippen molar-refractivity contribution in [3.05, 3.63) is 54.6 Å². The summed E-state index contributed by atoms with van der Waals surface area (Å²) in [4.78, 5) is 12.6. The van der Waals surface area contributed by atoms with E-state index in [-0.39, 0.29) is 43.3 Å². The molecule has 0 radical (unpaired) electrons. The molecule has 2 aromatic carbocycles. The van der Waals surface area contributed by atoms with E-state index in [1.54, 1.807) is 12.1 Å². The summed E-state index contributed by atoms with van der Waals surface area (Å²) in [6, 6.07) is 15.6. The van der Waals surface area contributed by atoms with Crippen LogP contribution in [-0.4, -0.2) is 57.5 Å². The summed E-state index contributed by atoms with van der Waals surface area (Å²) < 4.78 is 107. The maximum absolute atomic E-state index is 12.6. The highest BCUT2D eigenvalue weighted by atomic mass is 32.2. The standard InChI is InChI=1S/C22H22F6N2O4S/c23-21(24,25)19(22(26,27)28)34-20(31)30-12-10-15(11-13-30)14-29-35(32,33)18-8-6-17(7-9-18)16-4-2-1-3-5-16/h1-9,15,19,29H,10-14H2. The number of rotatable bonds is 6. The summed E-state index contributed by atoms with van der Waals surface area (Å²) in [5.74, 6) is -0.265. The van der Waals surface area contributed by atoms with Gasteiger partial charge in [-0.2, -0.15) is 26.3 Å². The van der Waals surface area contributed by atoms with Gasteiger partial charge in [0.05, 0.1) is 4.90 Å². The van der Waals surface area contributed by atoms with Crippen molar-refractivity contribution in [3.63, 3.8) is 0 Å². The van der Waals surface area contributed by atoms with E-state index in [2.05, 4.69) is 9.46 Å². The van der Waals surface area contributed by atoms with Crippen LogP contribution in [0.1, 0.15) is 12.8 Å². The molecule has 1 saturated heterocycles. The first-order valence-electron chi connectivity index (χ1n) is 10.5. The Bertz CT molecular complexity index is 1080. The van der Waals surface area contributed by atoms with Crippen molar-refractivity contribution in [3.8, 4) is 11.1 Å². The number of nitrogens with one attached hydrogen (secondary N) is 1. The van der Waals surface area contributed by atoms with Gasteiger partial charge in [0.2, 0.25) is 10.0 Å². The van der Waals surface area contributed by atoms with Crippen LogP contribution in [0.4, 0.5) is 31.1 Å². The highest BCUT2D eigenvalue weighted by molar-refractivity contribution is 7.89. The number of hydrogen-bond acceptors (Lipinski definition) is 4. The Labute approximate surface area is 197 Å². The van der Waals surface area contributed by atoms with Crippen molar-refractivity contribution in [2.75, 3.05) is 19.6 Å². The number of likely N-dealkylation sites (tertiary alicyclic amines) is 1. The topological polar surface area (TPSA) is 75.7 Å². The van der Waals surface area contributed by atoms with Gasteiger partial charge >= 0.3 is 18.4 Å². The second-order valence-corrected chi connectivity index (χ2v) is 9.79. The number of carbonyl (C=O) groups is 1. The van der Waals surface area contributed by atoms with Crippen LogP contribution in [0.25, 0.3) is 11.1 Å². The van der Waals surface area contributed by atoms with E-state index in [0.717, 1.165) is 16.0 Å². The second-order valence-electron chi connectivity index (χ2n) is 8.02. The van der Waals surface area contributed by atoms with Crippen LogP contribution >= 0.6 is 0 Å². The van der Waals surface area contributed by atoms with Gasteiger partial charge < -0.3 is 9.64 Å². The van der Waals surface area contributed by atoms with E-state index in [4.69, 9.17) is 0 Å². The molecule has 1 aliphatic heterocycles. The van der Waals surface area contributed by atoms with Gasteiger partial charge in [0.15, 0.2) is 0 Å². The zero-order valence-electron chi connectivity index (χ0n) is 18.1. The number of halogens is 6. The lowest BCUT2D eigenvalue weighted by atomic mass is 9.97. The molecule has 1 N–H and O–H groups in total. The van der Waals surface area contributed by atoms with Crippen LogP contribution in [0, 0.1) is 5.92 Å². The monoisotopic (exact) mass is 524 g/mol. The molecule has 1 heterocycles. The minimum atomic E-state index is -5.79. The van der Waals surface area contributed by atoms with Crippen molar-refractivity contribution in [1.82, 2.24) is 9.62 Å². The predicted molar refractivity (Wildman–Crippen MR) is 114 cm³/mol. The van der Waals surface area contributed by atoms with Gasteiger partial charge in [0.25, 0.3) is 6.10 Å². The molecule has 1 aliphatic rings. The molecule has 13 heteroatoms. The quantitative estimate of drug-likeness (QED) is 0.542. The average molecular weight is 524 g/mol. The molecule has 0 aromatic heterocycles. The number of hydrogen-bond donors (Lipinski definition) is 1. The van der Waals surface area contributed by atoms with Crippen LogP contribution in [0.15, 0.2) is 59.5 Å². The molecule has 1 fully saturated rings. The Balaban J connectivity index is 1.51. The van der Waals surface area contributed by atoms with Crippen LogP contribution in [0.5, 0.6) is 0 Å². The summed E-state index contributed by atoms with van der Waals surface area (Å²) >= 11 is 0. The number of piperidine rings is 1.